The summed E-state index contributed by atoms with van der Waals surface area (Å²) in [6, 6.07) is 4.51. The van der Waals surface area contributed by atoms with E-state index in [0.29, 0.717) is 10.6 Å². The lowest BCUT2D eigenvalue weighted by molar-refractivity contribution is 0.611. The monoisotopic (exact) mass is 195 g/mol. The summed E-state index contributed by atoms with van der Waals surface area (Å²) in [5.74, 6) is -0.338. The molecular weight excluding hydrogens is 188 g/mol. The van der Waals surface area contributed by atoms with Crippen molar-refractivity contribution in [1.29, 1.82) is 0 Å². The quantitative estimate of drug-likeness (QED) is 0.732. The van der Waals surface area contributed by atoms with Gasteiger partial charge in [-0.15, -0.1) is 12.4 Å². The third-order valence-electron chi connectivity index (χ3n) is 1.27. The summed E-state index contributed by atoms with van der Waals surface area (Å²) in [4.78, 5) is 0. The van der Waals surface area contributed by atoms with E-state index in [1.165, 1.54) is 6.07 Å². The van der Waals surface area contributed by atoms with Crippen LogP contribution in [0.15, 0.2) is 18.2 Å². The number of rotatable bonds is 1. The second-order valence-electron chi connectivity index (χ2n) is 1.90. The fraction of sp³-hybridized carbons (Fsp3) is 0.143. The molecule has 0 amide bonds. The van der Waals surface area contributed by atoms with Crippen LogP contribution in [-0.4, -0.2) is 0 Å². The summed E-state index contributed by atoms with van der Waals surface area (Å²) in [5.41, 5.74) is 5.61. The minimum Gasteiger partial charge on any atom is -0.326 e. The van der Waals surface area contributed by atoms with Crippen LogP contribution in [-0.2, 0) is 6.54 Å². The molecule has 0 heterocycles. The van der Waals surface area contributed by atoms with Crippen molar-refractivity contribution in [1.82, 2.24) is 0 Å². The van der Waals surface area contributed by atoms with Crippen LogP contribution in [0, 0.1) is 5.82 Å². The molecular formula is C7H8Cl2FN. The second-order valence-corrected chi connectivity index (χ2v) is 2.31. The van der Waals surface area contributed by atoms with Gasteiger partial charge in [0.1, 0.15) is 5.82 Å². The highest BCUT2D eigenvalue weighted by atomic mass is 35.5. The summed E-state index contributed by atoms with van der Waals surface area (Å²) in [6.45, 7) is 0.144. The summed E-state index contributed by atoms with van der Waals surface area (Å²) < 4.78 is 12.7. The smallest absolute Gasteiger partial charge is 0.129 e. The van der Waals surface area contributed by atoms with Gasteiger partial charge in [-0.2, -0.15) is 0 Å². The van der Waals surface area contributed by atoms with E-state index in [1.807, 2.05) is 0 Å². The third kappa shape index (κ3) is 2.33. The zero-order valence-corrected chi connectivity index (χ0v) is 7.25. The van der Waals surface area contributed by atoms with Gasteiger partial charge in [0.25, 0.3) is 0 Å². The Morgan fingerprint density at radius 3 is 2.45 bits per heavy atom. The van der Waals surface area contributed by atoms with Crippen LogP contribution in [0.25, 0.3) is 0 Å². The molecule has 0 bridgehead atoms. The SMILES string of the molecule is Cl.NCc1c(F)cccc1Cl. The Bertz CT molecular complexity index is 220. The van der Waals surface area contributed by atoms with E-state index in [2.05, 4.69) is 0 Å². The third-order valence-corrected chi connectivity index (χ3v) is 1.62. The molecule has 11 heavy (non-hydrogen) atoms. The fourth-order valence-corrected chi connectivity index (χ4v) is 0.968. The first-order chi connectivity index (χ1) is 4.75. The molecule has 0 spiro atoms. The average Bonchev–Trinajstić information content (AvgIpc) is 1.88. The Labute approximate surface area is 75.8 Å². The first-order valence-corrected chi connectivity index (χ1v) is 3.26. The lowest BCUT2D eigenvalue weighted by atomic mass is 10.2. The number of benzene rings is 1. The van der Waals surface area contributed by atoms with Crippen molar-refractivity contribution in [2.75, 3.05) is 0 Å². The van der Waals surface area contributed by atoms with Crippen LogP contribution in [0.1, 0.15) is 5.56 Å². The lowest BCUT2D eigenvalue weighted by Crippen LogP contribution is -1.99. The van der Waals surface area contributed by atoms with Gasteiger partial charge < -0.3 is 5.73 Å². The highest BCUT2D eigenvalue weighted by Crippen LogP contribution is 2.17. The van der Waals surface area contributed by atoms with Crippen LogP contribution in [0.3, 0.4) is 0 Å². The van der Waals surface area contributed by atoms with Gasteiger partial charge >= 0.3 is 0 Å². The molecule has 0 saturated carbocycles. The molecule has 0 aromatic heterocycles. The number of nitrogens with two attached hydrogens (primary N) is 1. The molecule has 1 aromatic rings. The topological polar surface area (TPSA) is 26.0 Å². The zero-order chi connectivity index (χ0) is 7.56. The molecule has 2 N–H and O–H groups in total. The predicted molar refractivity (Wildman–Crippen MR) is 46.5 cm³/mol. The van der Waals surface area contributed by atoms with E-state index >= 15 is 0 Å². The molecule has 0 aliphatic rings. The molecule has 62 valence electrons. The largest absolute Gasteiger partial charge is 0.326 e. The maximum Gasteiger partial charge on any atom is 0.129 e. The molecule has 0 aliphatic carbocycles. The highest BCUT2D eigenvalue weighted by molar-refractivity contribution is 6.31. The van der Waals surface area contributed by atoms with E-state index in [-0.39, 0.29) is 24.8 Å². The zero-order valence-electron chi connectivity index (χ0n) is 5.68. The first-order valence-electron chi connectivity index (χ1n) is 2.88. The van der Waals surface area contributed by atoms with Crippen LogP contribution in [0.2, 0.25) is 5.02 Å². The molecule has 1 rings (SSSR count). The number of hydrogen-bond acceptors (Lipinski definition) is 1. The van der Waals surface area contributed by atoms with E-state index in [1.54, 1.807) is 12.1 Å². The highest BCUT2D eigenvalue weighted by Gasteiger charge is 2.02. The normalized spacial score (nSPS) is 9.00. The Morgan fingerprint density at radius 2 is 2.09 bits per heavy atom. The van der Waals surface area contributed by atoms with Gasteiger partial charge in [0.15, 0.2) is 0 Å². The minimum atomic E-state index is -0.338. The summed E-state index contributed by atoms with van der Waals surface area (Å²) in [6.07, 6.45) is 0. The summed E-state index contributed by atoms with van der Waals surface area (Å²) in [5, 5.41) is 0.391. The molecule has 4 heteroatoms. The van der Waals surface area contributed by atoms with E-state index < -0.39 is 0 Å². The Hall–Kier alpha value is -0.310. The van der Waals surface area contributed by atoms with Crippen LogP contribution in [0.5, 0.6) is 0 Å². The fourth-order valence-electron chi connectivity index (χ4n) is 0.727. The predicted octanol–water partition coefficient (Wildman–Crippen LogP) is 2.36. The van der Waals surface area contributed by atoms with Gasteiger partial charge in [-0.25, -0.2) is 4.39 Å². The molecule has 1 nitrogen and oxygen atoms in total. The van der Waals surface area contributed by atoms with Gasteiger partial charge in [0.2, 0.25) is 0 Å². The van der Waals surface area contributed by atoms with Crippen molar-refractivity contribution >= 4 is 24.0 Å². The van der Waals surface area contributed by atoms with Gasteiger partial charge in [0.05, 0.1) is 0 Å². The van der Waals surface area contributed by atoms with Gasteiger partial charge in [0, 0.05) is 17.1 Å². The van der Waals surface area contributed by atoms with Crippen molar-refractivity contribution in [3.05, 3.63) is 34.6 Å². The molecule has 0 unspecified atom stereocenters. The Balaban J connectivity index is 0.000001000. The summed E-state index contributed by atoms with van der Waals surface area (Å²) in [7, 11) is 0. The molecule has 0 saturated heterocycles. The number of halogens is 3. The van der Waals surface area contributed by atoms with Crippen molar-refractivity contribution < 1.29 is 4.39 Å². The second kappa shape index (κ2) is 4.54. The van der Waals surface area contributed by atoms with Gasteiger partial charge in [-0.1, -0.05) is 17.7 Å². The Kier molecular flexibility index (Phi) is 4.42. The molecule has 0 aliphatic heterocycles. The van der Waals surface area contributed by atoms with Gasteiger partial charge in [-0.3, -0.25) is 0 Å². The molecule has 0 radical (unpaired) electrons. The lowest BCUT2D eigenvalue weighted by Gasteiger charge is -1.99. The first kappa shape index (κ1) is 10.7. The van der Waals surface area contributed by atoms with Crippen molar-refractivity contribution in [3.8, 4) is 0 Å². The summed E-state index contributed by atoms with van der Waals surface area (Å²) >= 11 is 5.61. The molecule has 1 aromatic carbocycles. The van der Waals surface area contributed by atoms with E-state index in [9.17, 15) is 4.39 Å². The maximum atomic E-state index is 12.7. The Morgan fingerprint density at radius 1 is 1.45 bits per heavy atom. The van der Waals surface area contributed by atoms with Crippen LogP contribution < -0.4 is 5.73 Å². The minimum absolute atomic E-state index is 0. The molecule has 0 fully saturated rings. The van der Waals surface area contributed by atoms with Gasteiger partial charge in [-0.05, 0) is 12.1 Å². The molecule has 0 atom stereocenters. The standard InChI is InChI=1S/C7H7ClFN.ClH/c8-6-2-1-3-7(9)5(6)4-10;/h1-3H,4,10H2;1H. The van der Waals surface area contributed by atoms with Crippen LogP contribution >= 0.6 is 24.0 Å². The van der Waals surface area contributed by atoms with Crippen molar-refractivity contribution in [2.24, 2.45) is 5.73 Å². The number of hydrogen-bond donors (Lipinski definition) is 1. The van der Waals surface area contributed by atoms with Crippen molar-refractivity contribution in [3.63, 3.8) is 0 Å². The van der Waals surface area contributed by atoms with E-state index in [4.69, 9.17) is 17.3 Å². The van der Waals surface area contributed by atoms with E-state index in [0.717, 1.165) is 0 Å². The van der Waals surface area contributed by atoms with Crippen LogP contribution in [0.4, 0.5) is 4.39 Å². The maximum absolute atomic E-state index is 12.7. The average molecular weight is 196 g/mol. The van der Waals surface area contributed by atoms with Crippen molar-refractivity contribution in [2.45, 2.75) is 6.54 Å².